The lowest BCUT2D eigenvalue weighted by atomic mass is 10.0. The molecule has 0 aliphatic carbocycles. The number of benzene rings is 1. The van der Waals surface area contributed by atoms with E-state index in [9.17, 15) is 4.79 Å². The van der Waals surface area contributed by atoms with Crippen molar-refractivity contribution in [2.45, 2.75) is 19.4 Å². The van der Waals surface area contributed by atoms with Gasteiger partial charge in [-0.3, -0.25) is 4.79 Å². The van der Waals surface area contributed by atoms with Crippen LogP contribution in [0.4, 0.5) is 5.69 Å². The molecule has 0 radical (unpaired) electrons. The molecule has 1 amide bonds. The lowest BCUT2D eigenvalue weighted by Gasteiger charge is -2.19. The average molecular weight is 313 g/mol. The lowest BCUT2D eigenvalue weighted by molar-refractivity contribution is -0.120. The molecule has 0 bridgehead atoms. The quantitative estimate of drug-likeness (QED) is 0.846. The molecule has 1 aliphatic rings. The third-order valence-electron chi connectivity index (χ3n) is 3.51. The molecule has 5 nitrogen and oxygen atoms in total. The van der Waals surface area contributed by atoms with Crippen molar-refractivity contribution in [3.05, 3.63) is 23.2 Å². The molecule has 0 saturated carbocycles. The van der Waals surface area contributed by atoms with Crippen LogP contribution in [0.3, 0.4) is 0 Å². The third kappa shape index (κ3) is 4.09. The summed E-state index contributed by atoms with van der Waals surface area (Å²) in [7, 11) is 1.57. The number of carbonyl (C=O) groups is 1. The maximum absolute atomic E-state index is 12.4. The minimum atomic E-state index is -0.209. The molecular formula is C15H21ClN2O3. The fourth-order valence-corrected chi connectivity index (χ4v) is 2.46. The van der Waals surface area contributed by atoms with Crippen LogP contribution < -0.4 is 15.4 Å². The Morgan fingerprint density at radius 1 is 1.48 bits per heavy atom. The molecule has 116 valence electrons. The number of carbonyl (C=O) groups excluding carboxylic acids is 1. The van der Waals surface area contributed by atoms with Crippen molar-refractivity contribution < 1.29 is 14.3 Å². The van der Waals surface area contributed by atoms with E-state index in [4.69, 9.17) is 21.1 Å². The van der Waals surface area contributed by atoms with Gasteiger partial charge in [0.2, 0.25) is 5.91 Å². The number of halogens is 1. The minimum Gasteiger partial charge on any atom is -0.497 e. The molecule has 0 spiro atoms. The Morgan fingerprint density at radius 2 is 2.29 bits per heavy atom. The fourth-order valence-electron chi connectivity index (χ4n) is 2.30. The van der Waals surface area contributed by atoms with E-state index in [1.165, 1.54) is 0 Å². The van der Waals surface area contributed by atoms with Crippen molar-refractivity contribution in [3.8, 4) is 5.75 Å². The number of ether oxygens (including phenoxy) is 2. The number of anilines is 1. The summed E-state index contributed by atoms with van der Waals surface area (Å²) >= 11 is 6.11. The number of rotatable bonds is 6. The van der Waals surface area contributed by atoms with Gasteiger partial charge in [-0.25, -0.2) is 0 Å². The first-order valence-electron chi connectivity index (χ1n) is 7.11. The molecule has 21 heavy (non-hydrogen) atoms. The summed E-state index contributed by atoms with van der Waals surface area (Å²) < 4.78 is 10.6. The summed E-state index contributed by atoms with van der Waals surface area (Å²) in [6, 6.07) is 5.22. The van der Waals surface area contributed by atoms with E-state index in [0.717, 1.165) is 13.0 Å². The van der Waals surface area contributed by atoms with Gasteiger partial charge < -0.3 is 20.1 Å². The summed E-state index contributed by atoms with van der Waals surface area (Å²) in [5, 5.41) is 6.69. The summed E-state index contributed by atoms with van der Waals surface area (Å²) in [4.78, 5) is 12.4. The molecule has 0 aromatic heterocycles. The topological polar surface area (TPSA) is 59.6 Å². The highest BCUT2D eigenvalue weighted by Gasteiger charge is 2.33. The normalized spacial score (nSPS) is 21.3. The summed E-state index contributed by atoms with van der Waals surface area (Å²) in [6.07, 6.45) is 1.02. The Labute approximate surface area is 130 Å². The van der Waals surface area contributed by atoms with Crippen LogP contribution in [0.15, 0.2) is 18.2 Å². The smallest absolute Gasteiger partial charge is 0.231 e. The van der Waals surface area contributed by atoms with Crippen molar-refractivity contribution in [3.63, 3.8) is 0 Å². The standard InChI is InChI=1S/C15H21ClN2O3/c1-3-6-17-14-9-21-8-11(14)15(19)18-13-7-10(20-2)4-5-12(13)16/h4-5,7,11,14,17H,3,6,8-9H2,1-2H3,(H,18,19). The zero-order valence-corrected chi connectivity index (χ0v) is 13.1. The van der Waals surface area contributed by atoms with Crippen LogP contribution in [-0.4, -0.2) is 38.8 Å². The number of nitrogens with one attached hydrogen (secondary N) is 2. The highest BCUT2D eigenvalue weighted by molar-refractivity contribution is 6.33. The number of hydrogen-bond acceptors (Lipinski definition) is 4. The Morgan fingerprint density at radius 3 is 3.00 bits per heavy atom. The van der Waals surface area contributed by atoms with Crippen LogP contribution in [0.5, 0.6) is 5.75 Å². The Bertz CT molecular complexity index is 496. The molecule has 1 aromatic rings. The van der Waals surface area contributed by atoms with E-state index in [0.29, 0.717) is 29.7 Å². The number of methoxy groups -OCH3 is 1. The second kappa shape index (κ2) is 7.64. The second-order valence-electron chi connectivity index (χ2n) is 5.04. The Hall–Kier alpha value is -1.30. The molecule has 1 aromatic carbocycles. The SMILES string of the molecule is CCCNC1COCC1C(=O)Nc1cc(OC)ccc1Cl. The van der Waals surface area contributed by atoms with E-state index < -0.39 is 0 Å². The molecule has 2 atom stereocenters. The highest BCUT2D eigenvalue weighted by atomic mass is 35.5. The van der Waals surface area contributed by atoms with Gasteiger partial charge in [-0.05, 0) is 25.1 Å². The van der Waals surface area contributed by atoms with Gasteiger partial charge in [0.25, 0.3) is 0 Å². The van der Waals surface area contributed by atoms with E-state index in [1.54, 1.807) is 25.3 Å². The van der Waals surface area contributed by atoms with Crippen LogP contribution in [-0.2, 0) is 9.53 Å². The van der Waals surface area contributed by atoms with E-state index in [1.807, 2.05) is 0 Å². The van der Waals surface area contributed by atoms with E-state index >= 15 is 0 Å². The fraction of sp³-hybridized carbons (Fsp3) is 0.533. The largest absolute Gasteiger partial charge is 0.497 e. The number of amides is 1. The molecule has 1 fully saturated rings. The Balaban J connectivity index is 2.03. The van der Waals surface area contributed by atoms with Crippen LogP contribution >= 0.6 is 11.6 Å². The molecular weight excluding hydrogens is 292 g/mol. The predicted molar refractivity (Wildman–Crippen MR) is 83.0 cm³/mol. The van der Waals surface area contributed by atoms with Gasteiger partial charge in [-0.15, -0.1) is 0 Å². The first kappa shape index (κ1) is 16.1. The van der Waals surface area contributed by atoms with Crippen LogP contribution in [0.1, 0.15) is 13.3 Å². The maximum atomic E-state index is 12.4. The van der Waals surface area contributed by atoms with Crippen molar-refractivity contribution in [2.75, 3.05) is 32.2 Å². The average Bonchev–Trinajstić information content (AvgIpc) is 2.95. The van der Waals surface area contributed by atoms with Gasteiger partial charge in [0.1, 0.15) is 5.75 Å². The van der Waals surface area contributed by atoms with E-state index in [-0.39, 0.29) is 17.9 Å². The van der Waals surface area contributed by atoms with Crippen LogP contribution in [0.25, 0.3) is 0 Å². The maximum Gasteiger partial charge on any atom is 0.231 e. The predicted octanol–water partition coefficient (Wildman–Crippen LogP) is 2.30. The van der Waals surface area contributed by atoms with Gasteiger partial charge in [0, 0.05) is 12.1 Å². The van der Waals surface area contributed by atoms with Crippen molar-refractivity contribution in [2.24, 2.45) is 5.92 Å². The van der Waals surface area contributed by atoms with Gasteiger partial charge >= 0.3 is 0 Å². The van der Waals surface area contributed by atoms with E-state index in [2.05, 4.69) is 17.6 Å². The van der Waals surface area contributed by atoms with Crippen molar-refractivity contribution in [1.82, 2.24) is 5.32 Å². The molecule has 2 rings (SSSR count). The summed E-state index contributed by atoms with van der Waals surface area (Å²) in [6.45, 7) is 3.95. The molecule has 1 heterocycles. The lowest BCUT2D eigenvalue weighted by Crippen LogP contribution is -2.41. The summed E-state index contributed by atoms with van der Waals surface area (Å²) in [5.41, 5.74) is 0.558. The molecule has 1 saturated heterocycles. The second-order valence-corrected chi connectivity index (χ2v) is 5.45. The monoisotopic (exact) mass is 312 g/mol. The summed E-state index contributed by atoms with van der Waals surface area (Å²) in [5.74, 6) is 0.355. The van der Waals surface area contributed by atoms with Crippen molar-refractivity contribution >= 4 is 23.2 Å². The van der Waals surface area contributed by atoms with Gasteiger partial charge in [-0.1, -0.05) is 18.5 Å². The van der Waals surface area contributed by atoms with Crippen LogP contribution in [0.2, 0.25) is 5.02 Å². The minimum absolute atomic E-state index is 0.0503. The number of hydrogen-bond donors (Lipinski definition) is 2. The Kier molecular flexibility index (Phi) is 5.85. The zero-order valence-electron chi connectivity index (χ0n) is 12.3. The van der Waals surface area contributed by atoms with Gasteiger partial charge in [0.15, 0.2) is 0 Å². The van der Waals surface area contributed by atoms with Gasteiger partial charge in [0.05, 0.1) is 37.0 Å². The molecule has 2 N–H and O–H groups in total. The van der Waals surface area contributed by atoms with Gasteiger partial charge in [-0.2, -0.15) is 0 Å². The first-order chi connectivity index (χ1) is 10.2. The molecule has 2 unspecified atom stereocenters. The third-order valence-corrected chi connectivity index (χ3v) is 3.83. The molecule has 6 heteroatoms. The van der Waals surface area contributed by atoms with Crippen LogP contribution in [0, 0.1) is 5.92 Å². The zero-order chi connectivity index (χ0) is 15.2. The van der Waals surface area contributed by atoms with Crippen molar-refractivity contribution in [1.29, 1.82) is 0 Å². The highest BCUT2D eigenvalue weighted by Crippen LogP contribution is 2.27. The molecule has 1 aliphatic heterocycles. The first-order valence-corrected chi connectivity index (χ1v) is 7.49.